The number of hydrogen-bond acceptors (Lipinski definition) is 4. The van der Waals surface area contributed by atoms with Gasteiger partial charge in [0.15, 0.2) is 0 Å². The zero-order valence-electron chi connectivity index (χ0n) is 13.0. The van der Waals surface area contributed by atoms with Crippen LogP contribution in [0.2, 0.25) is 0 Å². The summed E-state index contributed by atoms with van der Waals surface area (Å²) in [6.45, 7) is 2.88. The zero-order chi connectivity index (χ0) is 14.8. The predicted octanol–water partition coefficient (Wildman–Crippen LogP) is 1.90. The van der Waals surface area contributed by atoms with E-state index in [0.29, 0.717) is 12.6 Å². The molecule has 2 heterocycles. The fourth-order valence-electron chi connectivity index (χ4n) is 3.74. The van der Waals surface area contributed by atoms with Crippen molar-refractivity contribution in [3.05, 3.63) is 29.8 Å². The number of rotatable bonds is 4. The predicted molar refractivity (Wildman–Crippen MR) is 83.6 cm³/mol. The Hall–Kier alpha value is -1.10. The Morgan fingerprint density at radius 2 is 2.10 bits per heavy atom. The highest BCUT2D eigenvalue weighted by atomic mass is 16.5. The van der Waals surface area contributed by atoms with Gasteiger partial charge in [-0.05, 0) is 50.6 Å². The molecule has 3 rings (SSSR count). The van der Waals surface area contributed by atoms with E-state index < -0.39 is 6.10 Å². The highest BCUT2D eigenvalue weighted by molar-refractivity contribution is 5.29. The second-order valence-corrected chi connectivity index (χ2v) is 6.39. The molecule has 116 valence electrons. The minimum Gasteiger partial charge on any atom is -0.497 e. The van der Waals surface area contributed by atoms with Crippen LogP contribution in [0.1, 0.15) is 30.9 Å². The van der Waals surface area contributed by atoms with Gasteiger partial charge in [0.2, 0.25) is 0 Å². The number of benzene rings is 1. The fourth-order valence-corrected chi connectivity index (χ4v) is 3.74. The van der Waals surface area contributed by atoms with Crippen molar-refractivity contribution < 1.29 is 9.84 Å². The number of ether oxygens (including phenoxy) is 1. The number of aliphatic hydroxyl groups excluding tert-OH is 1. The summed E-state index contributed by atoms with van der Waals surface area (Å²) in [4.78, 5) is 4.96. The molecule has 0 spiro atoms. The van der Waals surface area contributed by atoms with Gasteiger partial charge in [-0.3, -0.25) is 9.80 Å². The minimum atomic E-state index is -0.443. The van der Waals surface area contributed by atoms with E-state index in [4.69, 9.17) is 4.74 Å². The Morgan fingerprint density at radius 3 is 2.90 bits per heavy atom. The van der Waals surface area contributed by atoms with E-state index >= 15 is 0 Å². The lowest BCUT2D eigenvalue weighted by Crippen LogP contribution is -2.38. The van der Waals surface area contributed by atoms with Crippen LogP contribution in [0.3, 0.4) is 0 Å². The minimum absolute atomic E-state index is 0.443. The van der Waals surface area contributed by atoms with E-state index in [9.17, 15) is 5.11 Å². The largest absolute Gasteiger partial charge is 0.497 e. The molecule has 2 aliphatic heterocycles. The summed E-state index contributed by atoms with van der Waals surface area (Å²) >= 11 is 0. The Labute approximate surface area is 127 Å². The zero-order valence-corrected chi connectivity index (χ0v) is 13.0. The normalized spacial score (nSPS) is 28.3. The highest BCUT2D eigenvalue weighted by Crippen LogP contribution is 2.29. The van der Waals surface area contributed by atoms with Crippen LogP contribution in [-0.4, -0.2) is 60.8 Å². The lowest BCUT2D eigenvalue weighted by molar-refractivity contribution is 0.106. The van der Waals surface area contributed by atoms with Gasteiger partial charge in [-0.15, -0.1) is 0 Å². The first kappa shape index (κ1) is 14.8. The topological polar surface area (TPSA) is 35.9 Å². The van der Waals surface area contributed by atoms with Crippen LogP contribution in [-0.2, 0) is 0 Å². The van der Waals surface area contributed by atoms with Gasteiger partial charge in [0.25, 0.3) is 0 Å². The van der Waals surface area contributed by atoms with Crippen LogP contribution >= 0.6 is 0 Å². The number of likely N-dealkylation sites (N-methyl/N-ethyl adjacent to an activating group) is 1. The molecule has 0 saturated carbocycles. The summed E-state index contributed by atoms with van der Waals surface area (Å²) in [6, 6.07) is 9.17. The highest BCUT2D eigenvalue weighted by Gasteiger charge is 2.34. The van der Waals surface area contributed by atoms with Gasteiger partial charge in [-0.2, -0.15) is 0 Å². The molecule has 0 amide bonds. The lowest BCUT2D eigenvalue weighted by Gasteiger charge is -2.27. The average Bonchev–Trinajstić information content (AvgIpc) is 2.75. The maximum atomic E-state index is 10.5. The second kappa shape index (κ2) is 6.34. The smallest absolute Gasteiger partial charge is 0.119 e. The van der Waals surface area contributed by atoms with Gasteiger partial charge >= 0.3 is 0 Å². The molecule has 2 fully saturated rings. The molecule has 1 N–H and O–H groups in total. The molecule has 4 heteroatoms. The van der Waals surface area contributed by atoms with Crippen LogP contribution in [0.5, 0.6) is 5.75 Å². The number of hydrogen-bond donors (Lipinski definition) is 1. The van der Waals surface area contributed by atoms with E-state index in [1.165, 1.54) is 19.3 Å². The molecule has 1 aromatic rings. The van der Waals surface area contributed by atoms with Gasteiger partial charge in [0.05, 0.1) is 13.2 Å². The lowest BCUT2D eigenvalue weighted by atomic mass is 10.1. The molecule has 0 aliphatic carbocycles. The van der Waals surface area contributed by atoms with Crippen molar-refractivity contribution in [1.29, 1.82) is 0 Å². The van der Waals surface area contributed by atoms with Crippen molar-refractivity contribution in [3.8, 4) is 5.75 Å². The van der Waals surface area contributed by atoms with Crippen LogP contribution in [0.25, 0.3) is 0 Å². The second-order valence-electron chi connectivity index (χ2n) is 6.39. The summed E-state index contributed by atoms with van der Waals surface area (Å²) in [7, 11) is 3.91. The van der Waals surface area contributed by atoms with Crippen molar-refractivity contribution in [1.82, 2.24) is 9.80 Å². The molecule has 0 aromatic heterocycles. The van der Waals surface area contributed by atoms with Crippen molar-refractivity contribution in [2.45, 2.75) is 37.5 Å². The summed E-state index contributed by atoms with van der Waals surface area (Å²) < 4.78 is 5.24. The van der Waals surface area contributed by atoms with Gasteiger partial charge in [-0.1, -0.05) is 12.1 Å². The molecular formula is C17H26N2O2. The van der Waals surface area contributed by atoms with Gasteiger partial charge < -0.3 is 9.84 Å². The van der Waals surface area contributed by atoms with E-state index in [1.54, 1.807) is 7.11 Å². The maximum Gasteiger partial charge on any atom is 0.119 e. The molecule has 3 atom stereocenters. The third-order valence-corrected chi connectivity index (χ3v) is 5.14. The van der Waals surface area contributed by atoms with E-state index in [-0.39, 0.29) is 0 Å². The first-order valence-electron chi connectivity index (χ1n) is 7.93. The molecular weight excluding hydrogens is 264 g/mol. The standard InChI is InChI=1S/C17H26N2O2/c1-18-14-6-7-15(18)11-19(9-8-14)12-17(20)13-4-3-5-16(10-13)21-2/h3-5,10,14-15,17,20H,6-9,11-12H2,1-2H3. The van der Waals surface area contributed by atoms with Gasteiger partial charge in [-0.25, -0.2) is 0 Å². The molecule has 0 radical (unpaired) electrons. The number of likely N-dealkylation sites (tertiary alicyclic amines) is 1. The molecule has 2 aliphatic rings. The maximum absolute atomic E-state index is 10.5. The van der Waals surface area contributed by atoms with E-state index in [0.717, 1.165) is 30.4 Å². The number of β-amino-alcohol motifs (C(OH)–C–C–N with tert-alkyl or cyclic N) is 1. The number of nitrogens with zero attached hydrogens (tertiary/aromatic N) is 2. The summed E-state index contributed by atoms with van der Waals surface area (Å²) in [5.74, 6) is 0.807. The molecule has 3 unspecified atom stereocenters. The van der Waals surface area contributed by atoms with Crippen LogP contribution in [0, 0.1) is 0 Å². The molecule has 21 heavy (non-hydrogen) atoms. The fraction of sp³-hybridized carbons (Fsp3) is 0.647. The first-order chi connectivity index (χ1) is 10.2. The Balaban J connectivity index is 1.63. The molecule has 2 saturated heterocycles. The molecule has 4 nitrogen and oxygen atoms in total. The molecule has 2 bridgehead atoms. The Bertz CT molecular complexity index is 480. The van der Waals surface area contributed by atoms with Crippen molar-refractivity contribution in [3.63, 3.8) is 0 Å². The van der Waals surface area contributed by atoms with Gasteiger partial charge in [0.1, 0.15) is 5.75 Å². The molecule has 1 aromatic carbocycles. The van der Waals surface area contributed by atoms with Crippen molar-refractivity contribution >= 4 is 0 Å². The first-order valence-corrected chi connectivity index (χ1v) is 7.93. The average molecular weight is 290 g/mol. The third-order valence-electron chi connectivity index (χ3n) is 5.14. The quantitative estimate of drug-likeness (QED) is 0.919. The van der Waals surface area contributed by atoms with Gasteiger partial charge in [0, 0.05) is 25.2 Å². The number of aliphatic hydroxyl groups is 1. The summed E-state index contributed by atoms with van der Waals surface area (Å²) in [5, 5.41) is 10.5. The van der Waals surface area contributed by atoms with Crippen molar-refractivity contribution in [2.75, 3.05) is 33.8 Å². The van der Waals surface area contributed by atoms with E-state index in [2.05, 4.69) is 16.8 Å². The monoisotopic (exact) mass is 290 g/mol. The number of methoxy groups -OCH3 is 1. The van der Waals surface area contributed by atoms with Crippen LogP contribution in [0.15, 0.2) is 24.3 Å². The van der Waals surface area contributed by atoms with Crippen LogP contribution in [0.4, 0.5) is 0 Å². The SMILES string of the molecule is COc1cccc(C(O)CN2CCC3CCC(C2)N3C)c1. The summed E-state index contributed by atoms with van der Waals surface area (Å²) in [6.07, 6.45) is 3.42. The van der Waals surface area contributed by atoms with E-state index in [1.807, 2.05) is 24.3 Å². The van der Waals surface area contributed by atoms with Crippen LogP contribution < -0.4 is 4.74 Å². The third kappa shape index (κ3) is 3.23. The Morgan fingerprint density at radius 1 is 1.29 bits per heavy atom. The Kier molecular flexibility index (Phi) is 4.48. The summed E-state index contributed by atoms with van der Waals surface area (Å²) in [5.41, 5.74) is 0.942. The number of fused-ring (bicyclic) bond motifs is 2. The van der Waals surface area contributed by atoms with Crippen molar-refractivity contribution in [2.24, 2.45) is 0 Å².